The van der Waals surface area contributed by atoms with Crippen LogP contribution in [0.25, 0.3) is 0 Å². The van der Waals surface area contributed by atoms with Gasteiger partial charge in [-0.15, -0.1) is 0 Å². The molecule has 1 atom stereocenters. The molecular formula is C25H45N3O4S2. The molecule has 3 N–H and O–H groups in total. The summed E-state index contributed by atoms with van der Waals surface area (Å²) in [6.07, 6.45) is 0. The molecule has 0 fully saturated rings. The van der Waals surface area contributed by atoms with Gasteiger partial charge in [-0.1, -0.05) is 80.2 Å². The molecule has 0 aliphatic rings. The van der Waals surface area contributed by atoms with Gasteiger partial charge in [-0.3, -0.25) is 9.59 Å². The summed E-state index contributed by atoms with van der Waals surface area (Å²) in [6, 6.07) is 7.86. The van der Waals surface area contributed by atoms with Crippen LogP contribution in [0.15, 0.2) is 24.3 Å². The van der Waals surface area contributed by atoms with Gasteiger partial charge in [-0.05, 0) is 17.7 Å². The van der Waals surface area contributed by atoms with Crippen molar-refractivity contribution in [3.05, 3.63) is 35.4 Å². The second kappa shape index (κ2) is 18.6. The second-order valence-corrected chi connectivity index (χ2v) is 10.7. The summed E-state index contributed by atoms with van der Waals surface area (Å²) in [5, 5.41) is 8.89. The summed E-state index contributed by atoms with van der Waals surface area (Å²) in [7, 11) is 3.33. The summed E-state index contributed by atoms with van der Waals surface area (Å²) < 4.78 is 11.4. The Hall–Kier alpha value is -1.70. The van der Waals surface area contributed by atoms with E-state index in [4.69, 9.17) is 9.47 Å². The van der Waals surface area contributed by atoms with Gasteiger partial charge in [0.25, 0.3) is 5.91 Å². The zero-order valence-corrected chi connectivity index (χ0v) is 22.6. The van der Waals surface area contributed by atoms with Gasteiger partial charge in [-0.2, -0.15) is 0 Å². The van der Waals surface area contributed by atoms with Crippen LogP contribution in [0.5, 0.6) is 0 Å². The van der Waals surface area contributed by atoms with Gasteiger partial charge < -0.3 is 25.4 Å². The van der Waals surface area contributed by atoms with Crippen LogP contribution in [0.3, 0.4) is 0 Å². The largest absolute Gasteiger partial charge is 0.369 e. The molecule has 9 heteroatoms. The summed E-state index contributed by atoms with van der Waals surface area (Å²) in [4.78, 5) is 24.1. The number of ether oxygens (including phenoxy) is 2. The topological polar surface area (TPSA) is 88.7 Å². The molecule has 0 heterocycles. The van der Waals surface area contributed by atoms with E-state index in [9.17, 15) is 9.59 Å². The molecular weight excluding hydrogens is 470 g/mol. The molecule has 0 radical (unpaired) electrons. The summed E-state index contributed by atoms with van der Waals surface area (Å²) in [6.45, 7) is 12.5. The number of hydrogen-bond acceptors (Lipinski definition) is 7. The number of nitrogens with one attached hydrogen (secondary N) is 3. The third kappa shape index (κ3) is 14.5. The Morgan fingerprint density at radius 2 is 1.79 bits per heavy atom. The van der Waals surface area contributed by atoms with E-state index in [1.54, 1.807) is 21.6 Å². The first-order valence-corrected chi connectivity index (χ1v) is 14.1. The van der Waals surface area contributed by atoms with Gasteiger partial charge in [-0.25, -0.2) is 0 Å². The lowest BCUT2D eigenvalue weighted by Crippen LogP contribution is -2.34. The zero-order chi connectivity index (χ0) is 25.2. The molecule has 0 aliphatic heterocycles. The maximum absolute atomic E-state index is 12.3. The Bertz CT molecular complexity index is 792. The van der Waals surface area contributed by atoms with E-state index >= 15 is 0 Å². The summed E-state index contributed by atoms with van der Waals surface area (Å²) in [5.74, 6) is 6.84. The lowest BCUT2D eigenvalue weighted by molar-refractivity contribution is -0.126. The molecule has 2 amide bonds. The van der Waals surface area contributed by atoms with Crippen molar-refractivity contribution in [2.45, 2.75) is 46.1 Å². The molecule has 0 aromatic heterocycles. The molecule has 1 rings (SSSR count). The monoisotopic (exact) mass is 515 g/mol. The normalized spacial score (nSPS) is 11.7. The Morgan fingerprint density at radius 1 is 1.06 bits per heavy atom. The van der Waals surface area contributed by atoms with Gasteiger partial charge in [0.1, 0.15) is 12.0 Å². The van der Waals surface area contributed by atoms with Crippen LogP contribution in [-0.4, -0.2) is 63.1 Å². The highest BCUT2D eigenvalue weighted by Gasteiger charge is 2.14. The molecule has 0 aliphatic carbocycles. The lowest BCUT2D eigenvalue weighted by atomic mass is 10.1. The molecule has 1 aromatic carbocycles. The SMILES string of the molecule is CCSSC(OCCOCC(=O)NCC#CC(C)C)c1ccc(C(=O)NCCNC(C)C)cc1.[HH].[HH].[HH]. The van der Waals surface area contributed by atoms with E-state index in [-0.39, 0.29) is 34.1 Å². The quantitative estimate of drug-likeness (QED) is 0.130. The van der Waals surface area contributed by atoms with E-state index in [1.165, 1.54) is 0 Å². The van der Waals surface area contributed by atoms with E-state index < -0.39 is 0 Å². The molecule has 0 bridgehead atoms. The minimum atomic E-state index is -0.195. The van der Waals surface area contributed by atoms with Gasteiger partial charge in [0.05, 0.1) is 19.8 Å². The van der Waals surface area contributed by atoms with Crippen molar-refractivity contribution in [1.29, 1.82) is 0 Å². The van der Waals surface area contributed by atoms with Gasteiger partial charge in [0.2, 0.25) is 5.91 Å². The van der Waals surface area contributed by atoms with Crippen molar-refractivity contribution in [1.82, 2.24) is 16.0 Å². The first-order valence-electron chi connectivity index (χ1n) is 11.7. The van der Waals surface area contributed by atoms with Crippen molar-refractivity contribution in [2.24, 2.45) is 5.92 Å². The first kappa shape index (κ1) is 30.3. The van der Waals surface area contributed by atoms with Crippen molar-refractivity contribution in [3.63, 3.8) is 0 Å². The van der Waals surface area contributed by atoms with Gasteiger partial charge in [0.15, 0.2) is 0 Å². The molecule has 1 aromatic rings. The second-order valence-electron chi connectivity index (χ2n) is 8.00. The molecule has 196 valence electrons. The average Bonchev–Trinajstić information content (AvgIpc) is 2.81. The summed E-state index contributed by atoms with van der Waals surface area (Å²) in [5.41, 5.74) is 1.40. The smallest absolute Gasteiger partial charge is 0.251 e. The maximum atomic E-state index is 12.3. The standard InChI is InChI=1S/C25H39N3O4S2.3H2/c1-6-33-34-25(32-17-16-31-18-23(29)27-13-7-8-19(2)3)22-11-9-21(10-12-22)24(30)28-15-14-26-20(4)5;;;/h9-12,19-20,25-26H,6,13-18H2,1-5H3,(H,27,29)(H,28,30);3*1H. The average molecular weight is 516 g/mol. The van der Waals surface area contributed by atoms with Crippen LogP contribution in [0.4, 0.5) is 0 Å². The molecule has 0 saturated carbocycles. The minimum Gasteiger partial charge on any atom is -0.369 e. The van der Waals surface area contributed by atoms with Crippen LogP contribution in [0.2, 0.25) is 0 Å². The fourth-order valence-electron chi connectivity index (χ4n) is 2.57. The maximum Gasteiger partial charge on any atom is 0.251 e. The van der Waals surface area contributed by atoms with Crippen molar-refractivity contribution in [3.8, 4) is 11.8 Å². The fourth-order valence-corrected chi connectivity index (χ4v) is 4.53. The minimum absolute atomic E-state index is 0. The summed E-state index contributed by atoms with van der Waals surface area (Å²) >= 11 is 0. The number of carbonyl (C=O) groups is 2. The lowest BCUT2D eigenvalue weighted by Gasteiger charge is -2.17. The highest BCUT2D eigenvalue weighted by atomic mass is 33.1. The highest BCUT2D eigenvalue weighted by Crippen LogP contribution is 2.38. The van der Waals surface area contributed by atoms with Gasteiger partial charge in [0, 0.05) is 40.6 Å². The molecule has 1 unspecified atom stereocenters. The van der Waals surface area contributed by atoms with Crippen molar-refractivity contribution < 1.29 is 23.3 Å². The Morgan fingerprint density at radius 3 is 2.44 bits per heavy atom. The number of hydrogen-bond donors (Lipinski definition) is 3. The number of carbonyl (C=O) groups excluding carboxylic acids is 2. The number of benzene rings is 1. The molecule has 0 saturated heterocycles. The fraction of sp³-hybridized carbons (Fsp3) is 0.600. The Kier molecular flexibility index (Phi) is 16.6. The molecule has 7 nitrogen and oxygen atoms in total. The third-order valence-corrected chi connectivity index (χ3v) is 6.77. The predicted molar refractivity (Wildman–Crippen MR) is 149 cm³/mol. The van der Waals surface area contributed by atoms with Crippen LogP contribution in [0.1, 0.15) is 60.3 Å². The van der Waals surface area contributed by atoms with Gasteiger partial charge >= 0.3 is 0 Å². The zero-order valence-electron chi connectivity index (χ0n) is 20.9. The highest BCUT2D eigenvalue weighted by molar-refractivity contribution is 8.76. The van der Waals surface area contributed by atoms with E-state index in [1.807, 2.05) is 38.1 Å². The van der Waals surface area contributed by atoms with Crippen LogP contribution >= 0.6 is 21.6 Å². The number of rotatable bonds is 16. The van der Waals surface area contributed by atoms with Crippen LogP contribution < -0.4 is 16.0 Å². The predicted octanol–water partition coefficient (Wildman–Crippen LogP) is 4.36. The first-order chi connectivity index (χ1) is 16.3. The van der Waals surface area contributed by atoms with Crippen LogP contribution in [-0.2, 0) is 14.3 Å². The number of amides is 2. The van der Waals surface area contributed by atoms with E-state index in [0.717, 1.165) is 17.9 Å². The van der Waals surface area contributed by atoms with Crippen molar-refractivity contribution in [2.75, 3.05) is 45.2 Å². The van der Waals surface area contributed by atoms with E-state index in [2.05, 4.69) is 48.6 Å². The third-order valence-electron chi connectivity index (χ3n) is 4.18. The molecule has 0 spiro atoms. The Balaban J connectivity index is -0.00000385. The van der Waals surface area contributed by atoms with Crippen LogP contribution in [0, 0.1) is 17.8 Å². The van der Waals surface area contributed by atoms with E-state index in [0.29, 0.717) is 37.9 Å². The molecule has 34 heavy (non-hydrogen) atoms. The van der Waals surface area contributed by atoms with Crippen molar-refractivity contribution >= 4 is 33.4 Å². The Labute approximate surface area is 217 Å².